The lowest BCUT2D eigenvalue weighted by molar-refractivity contribution is -0.126. The smallest absolute Gasteiger partial charge is 0.232 e. The average molecular weight is 257 g/mol. The van der Waals surface area contributed by atoms with E-state index in [9.17, 15) is 4.79 Å². The molecule has 0 saturated carbocycles. The summed E-state index contributed by atoms with van der Waals surface area (Å²) in [4.78, 5) is 14.5. The number of nitrogens with two attached hydrogens (primary N) is 1. The molecule has 1 rings (SSSR count). The first-order chi connectivity index (χ1) is 7.94. The molecule has 0 bridgehead atoms. The molecule has 0 spiro atoms. The number of hydrogen-bond donors (Lipinski definition) is 2. The molecule has 1 saturated heterocycles. The molecule has 98 valence electrons. The van der Waals surface area contributed by atoms with Crippen molar-refractivity contribution in [3.63, 3.8) is 0 Å². The molecule has 3 N–H and O–H groups in total. The van der Waals surface area contributed by atoms with Crippen LogP contribution in [0.3, 0.4) is 0 Å². The molecule has 4 nitrogen and oxygen atoms in total. The number of carbonyl (C=O) groups is 1. The highest BCUT2D eigenvalue weighted by Gasteiger charge is 2.30. The van der Waals surface area contributed by atoms with Gasteiger partial charge in [0.25, 0.3) is 0 Å². The van der Waals surface area contributed by atoms with Gasteiger partial charge in [0.1, 0.15) is 0 Å². The van der Waals surface area contributed by atoms with E-state index >= 15 is 0 Å². The van der Waals surface area contributed by atoms with Crippen LogP contribution in [0.1, 0.15) is 33.1 Å². The highest BCUT2D eigenvalue weighted by molar-refractivity contribution is 7.80. The second-order valence-electron chi connectivity index (χ2n) is 5.15. The number of nitrogens with zero attached hydrogens (tertiary/aromatic N) is 1. The van der Waals surface area contributed by atoms with Crippen LogP contribution in [0, 0.1) is 5.41 Å². The van der Waals surface area contributed by atoms with Crippen molar-refractivity contribution >= 4 is 23.1 Å². The number of amides is 1. The molecular formula is C12H23N3OS. The van der Waals surface area contributed by atoms with Crippen LogP contribution >= 0.6 is 12.2 Å². The fourth-order valence-electron chi connectivity index (χ4n) is 1.84. The van der Waals surface area contributed by atoms with E-state index < -0.39 is 5.41 Å². The fraction of sp³-hybridized carbons (Fsp3) is 0.833. The predicted octanol–water partition coefficient (Wildman–Crippen LogP) is 0.901. The normalized spacial score (nSPS) is 17.1. The van der Waals surface area contributed by atoms with Gasteiger partial charge in [0.2, 0.25) is 5.91 Å². The van der Waals surface area contributed by atoms with Gasteiger partial charge in [0.15, 0.2) is 0 Å². The topological polar surface area (TPSA) is 58.4 Å². The Morgan fingerprint density at radius 3 is 2.53 bits per heavy atom. The van der Waals surface area contributed by atoms with Gasteiger partial charge in [0, 0.05) is 6.54 Å². The van der Waals surface area contributed by atoms with E-state index in [4.69, 9.17) is 18.0 Å². The Balaban J connectivity index is 2.17. The lowest BCUT2D eigenvalue weighted by Crippen LogP contribution is -2.45. The molecule has 1 aliphatic heterocycles. The van der Waals surface area contributed by atoms with Gasteiger partial charge in [-0.05, 0) is 52.7 Å². The molecule has 1 aliphatic rings. The van der Waals surface area contributed by atoms with Crippen LogP contribution in [0.15, 0.2) is 0 Å². The second-order valence-corrected chi connectivity index (χ2v) is 5.59. The first-order valence-electron chi connectivity index (χ1n) is 6.25. The van der Waals surface area contributed by atoms with E-state index in [0.717, 1.165) is 13.0 Å². The van der Waals surface area contributed by atoms with Crippen molar-refractivity contribution in [2.45, 2.75) is 33.1 Å². The van der Waals surface area contributed by atoms with Crippen molar-refractivity contribution < 1.29 is 4.79 Å². The zero-order chi connectivity index (χ0) is 12.9. The molecule has 1 fully saturated rings. The Morgan fingerprint density at radius 1 is 1.41 bits per heavy atom. The highest BCUT2D eigenvalue weighted by Crippen LogP contribution is 2.15. The molecule has 1 amide bonds. The third-order valence-electron chi connectivity index (χ3n) is 3.32. The number of hydrogen-bond acceptors (Lipinski definition) is 3. The molecule has 0 aromatic heterocycles. The van der Waals surface area contributed by atoms with Crippen LogP contribution < -0.4 is 11.1 Å². The third-order valence-corrected chi connectivity index (χ3v) is 3.83. The van der Waals surface area contributed by atoms with Crippen molar-refractivity contribution in [1.82, 2.24) is 10.2 Å². The molecule has 0 aromatic rings. The van der Waals surface area contributed by atoms with E-state index in [2.05, 4.69) is 10.2 Å². The quantitative estimate of drug-likeness (QED) is 0.548. The molecular weight excluding hydrogens is 234 g/mol. The van der Waals surface area contributed by atoms with Crippen molar-refractivity contribution in [2.75, 3.05) is 26.2 Å². The third kappa shape index (κ3) is 4.24. The fourth-order valence-corrected chi connectivity index (χ4v) is 1.94. The van der Waals surface area contributed by atoms with Crippen LogP contribution in [-0.4, -0.2) is 42.0 Å². The number of likely N-dealkylation sites (tertiary alicyclic amines) is 1. The van der Waals surface area contributed by atoms with Crippen LogP contribution in [0.25, 0.3) is 0 Å². The van der Waals surface area contributed by atoms with Crippen LogP contribution in [0.5, 0.6) is 0 Å². The summed E-state index contributed by atoms with van der Waals surface area (Å²) in [5, 5.41) is 2.90. The standard InChI is InChI=1S/C12H23N3OS/c1-12(2,10(13)17)11(16)14-6-5-9-15-7-3-4-8-15/h3-9H2,1-2H3,(H2,13,17)(H,14,16). The minimum absolute atomic E-state index is 0.0774. The lowest BCUT2D eigenvalue weighted by Gasteiger charge is -2.22. The maximum atomic E-state index is 11.8. The zero-order valence-electron chi connectivity index (χ0n) is 10.8. The highest BCUT2D eigenvalue weighted by atomic mass is 32.1. The summed E-state index contributed by atoms with van der Waals surface area (Å²) in [5.41, 5.74) is 4.79. The first kappa shape index (κ1) is 14.4. The van der Waals surface area contributed by atoms with Gasteiger partial charge in [0.05, 0.1) is 10.4 Å². The molecule has 5 heteroatoms. The summed E-state index contributed by atoms with van der Waals surface area (Å²) in [6.07, 6.45) is 3.60. The summed E-state index contributed by atoms with van der Waals surface area (Å²) in [6, 6.07) is 0. The van der Waals surface area contributed by atoms with Crippen LogP contribution in [-0.2, 0) is 4.79 Å². The van der Waals surface area contributed by atoms with Gasteiger partial charge in [-0.2, -0.15) is 0 Å². The Kier molecular flexibility index (Phi) is 5.33. The van der Waals surface area contributed by atoms with Gasteiger partial charge in [-0.1, -0.05) is 12.2 Å². The molecule has 0 unspecified atom stereocenters. The average Bonchev–Trinajstić information content (AvgIpc) is 2.76. The molecule has 17 heavy (non-hydrogen) atoms. The summed E-state index contributed by atoms with van der Waals surface area (Å²) < 4.78 is 0. The summed E-state index contributed by atoms with van der Waals surface area (Å²) in [7, 11) is 0. The van der Waals surface area contributed by atoms with E-state index in [1.807, 2.05) is 0 Å². The summed E-state index contributed by atoms with van der Waals surface area (Å²) >= 11 is 4.88. The predicted molar refractivity (Wildman–Crippen MR) is 73.9 cm³/mol. The van der Waals surface area contributed by atoms with Crippen LogP contribution in [0.2, 0.25) is 0 Å². The van der Waals surface area contributed by atoms with Crippen molar-refractivity contribution in [3.05, 3.63) is 0 Å². The van der Waals surface area contributed by atoms with E-state index in [1.54, 1.807) is 13.8 Å². The lowest BCUT2D eigenvalue weighted by atomic mass is 9.92. The van der Waals surface area contributed by atoms with Gasteiger partial charge in [-0.3, -0.25) is 4.79 Å². The number of carbonyl (C=O) groups excluding carboxylic acids is 1. The molecule has 1 heterocycles. The van der Waals surface area contributed by atoms with Crippen molar-refractivity contribution in [2.24, 2.45) is 11.1 Å². The van der Waals surface area contributed by atoms with Gasteiger partial charge < -0.3 is 16.0 Å². The molecule has 0 radical (unpaired) electrons. The van der Waals surface area contributed by atoms with Crippen molar-refractivity contribution in [1.29, 1.82) is 0 Å². The minimum atomic E-state index is -0.747. The second kappa shape index (κ2) is 6.31. The van der Waals surface area contributed by atoms with Crippen LogP contribution in [0.4, 0.5) is 0 Å². The maximum absolute atomic E-state index is 11.8. The summed E-state index contributed by atoms with van der Waals surface area (Å²) in [6.45, 7) is 7.67. The van der Waals surface area contributed by atoms with Gasteiger partial charge >= 0.3 is 0 Å². The Labute approximate surface area is 109 Å². The SMILES string of the molecule is CC(C)(C(=O)NCCCN1CCCC1)C(N)=S. The van der Waals surface area contributed by atoms with Crippen molar-refractivity contribution in [3.8, 4) is 0 Å². The zero-order valence-corrected chi connectivity index (χ0v) is 11.6. The monoisotopic (exact) mass is 257 g/mol. The van der Waals surface area contributed by atoms with E-state index in [-0.39, 0.29) is 10.9 Å². The largest absolute Gasteiger partial charge is 0.392 e. The van der Waals surface area contributed by atoms with E-state index in [0.29, 0.717) is 6.54 Å². The minimum Gasteiger partial charge on any atom is -0.392 e. The van der Waals surface area contributed by atoms with Gasteiger partial charge in [-0.15, -0.1) is 0 Å². The Morgan fingerprint density at radius 2 is 2.00 bits per heavy atom. The number of rotatable bonds is 6. The maximum Gasteiger partial charge on any atom is 0.232 e. The first-order valence-corrected chi connectivity index (χ1v) is 6.66. The number of nitrogens with one attached hydrogen (secondary N) is 1. The van der Waals surface area contributed by atoms with Gasteiger partial charge in [-0.25, -0.2) is 0 Å². The van der Waals surface area contributed by atoms with E-state index in [1.165, 1.54) is 25.9 Å². The molecule has 0 aromatic carbocycles. The Hall–Kier alpha value is -0.680. The molecule has 0 aliphatic carbocycles. The molecule has 0 atom stereocenters. The number of thiocarbonyl (C=S) groups is 1. The summed E-state index contributed by atoms with van der Waals surface area (Å²) in [5.74, 6) is -0.0774. The Bertz CT molecular complexity index is 285.